The molecule has 0 aliphatic heterocycles. The maximum atomic E-state index is 2.40. The summed E-state index contributed by atoms with van der Waals surface area (Å²) in [5.74, 6) is 0. The molecule has 0 unspecified atom stereocenters. The summed E-state index contributed by atoms with van der Waals surface area (Å²) in [7, 11) is 0. The Morgan fingerprint density at radius 1 is 0.327 bits per heavy atom. The fraction of sp³-hybridized carbons (Fsp3) is 0. The minimum Gasteiger partial charge on any atom is -0.310 e. The molecule has 9 aromatic carbocycles. The maximum absolute atomic E-state index is 2.40. The van der Waals surface area contributed by atoms with Crippen LogP contribution in [0, 0.1) is 0 Å². The number of rotatable bonds is 6. The molecule has 1 aromatic heterocycles. The molecule has 10 aromatic rings. The second-order valence-corrected chi connectivity index (χ2v) is 13.4. The summed E-state index contributed by atoms with van der Waals surface area (Å²) in [5.41, 5.74) is 11.8. The van der Waals surface area contributed by atoms with E-state index < -0.39 is 0 Å². The van der Waals surface area contributed by atoms with Gasteiger partial charge in [-0.2, -0.15) is 0 Å². The first-order chi connectivity index (χ1) is 25.8. The molecule has 10 rings (SSSR count). The molecule has 0 N–H and O–H groups in total. The smallest absolute Gasteiger partial charge is 0.0547 e. The van der Waals surface area contributed by atoms with E-state index >= 15 is 0 Å². The number of hydrogen-bond donors (Lipinski definition) is 0. The second kappa shape index (κ2) is 12.5. The van der Waals surface area contributed by atoms with Crippen molar-refractivity contribution < 1.29 is 0 Å². The lowest BCUT2D eigenvalue weighted by Gasteiger charge is -2.27. The molecule has 0 spiro atoms. The molecule has 0 radical (unpaired) electrons. The van der Waals surface area contributed by atoms with Crippen LogP contribution in [0.5, 0.6) is 0 Å². The highest BCUT2D eigenvalue weighted by molar-refractivity contribution is 6.22. The minimum absolute atomic E-state index is 1.11. The Bertz CT molecular complexity index is 2860. The highest BCUT2D eigenvalue weighted by Crippen LogP contribution is 2.42. The maximum Gasteiger partial charge on any atom is 0.0547 e. The van der Waals surface area contributed by atoms with E-state index in [2.05, 4.69) is 216 Å². The fourth-order valence-electron chi connectivity index (χ4n) is 7.89. The lowest BCUT2D eigenvalue weighted by molar-refractivity contribution is 1.18. The normalized spacial score (nSPS) is 11.5. The van der Waals surface area contributed by atoms with Crippen LogP contribution < -0.4 is 4.90 Å². The molecule has 0 saturated heterocycles. The van der Waals surface area contributed by atoms with E-state index in [-0.39, 0.29) is 0 Å². The SMILES string of the molecule is c1ccc(-c2ccc(N(c3ccc(-c4ccc5c(c4)c4c6ccccc6ccc4n5-c4ccccc4)cc3)c3cccc4ccccc34)cc2)cc1. The largest absolute Gasteiger partial charge is 0.310 e. The van der Waals surface area contributed by atoms with Crippen LogP contribution in [0.2, 0.25) is 0 Å². The van der Waals surface area contributed by atoms with Gasteiger partial charge in [0.2, 0.25) is 0 Å². The third-order valence-electron chi connectivity index (χ3n) is 10.4. The van der Waals surface area contributed by atoms with Gasteiger partial charge < -0.3 is 9.47 Å². The molecule has 0 aliphatic rings. The quantitative estimate of drug-likeness (QED) is 0.172. The Morgan fingerprint density at radius 2 is 0.846 bits per heavy atom. The predicted octanol–water partition coefficient (Wildman–Crippen LogP) is 13.9. The van der Waals surface area contributed by atoms with Gasteiger partial charge in [-0.15, -0.1) is 0 Å². The van der Waals surface area contributed by atoms with Crippen LogP contribution >= 0.6 is 0 Å². The van der Waals surface area contributed by atoms with Gasteiger partial charge in [-0.05, 0) is 99.1 Å². The van der Waals surface area contributed by atoms with Crippen molar-refractivity contribution in [2.24, 2.45) is 0 Å². The molecule has 2 nitrogen and oxygen atoms in total. The summed E-state index contributed by atoms with van der Waals surface area (Å²) in [6.45, 7) is 0. The number of hydrogen-bond acceptors (Lipinski definition) is 1. The summed E-state index contributed by atoms with van der Waals surface area (Å²) in [6, 6.07) is 74.6. The zero-order valence-corrected chi connectivity index (χ0v) is 28.5. The third kappa shape index (κ3) is 5.04. The molecule has 2 heteroatoms. The van der Waals surface area contributed by atoms with Crippen molar-refractivity contribution in [3.05, 3.63) is 206 Å². The molecule has 0 amide bonds. The van der Waals surface area contributed by atoms with Crippen molar-refractivity contribution in [1.82, 2.24) is 4.57 Å². The highest BCUT2D eigenvalue weighted by Gasteiger charge is 2.18. The van der Waals surface area contributed by atoms with Crippen LogP contribution in [0.15, 0.2) is 206 Å². The van der Waals surface area contributed by atoms with E-state index in [0.29, 0.717) is 0 Å². The van der Waals surface area contributed by atoms with Crippen LogP contribution in [-0.4, -0.2) is 4.57 Å². The first-order valence-corrected chi connectivity index (χ1v) is 17.9. The molecule has 0 atom stereocenters. The van der Waals surface area contributed by atoms with Gasteiger partial charge in [0.05, 0.1) is 16.7 Å². The Morgan fingerprint density at radius 3 is 1.56 bits per heavy atom. The van der Waals surface area contributed by atoms with Crippen molar-refractivity contribution in [2.75, 3.05) is 4.90 Å². The summed E-state index contributed by atoms with van der Waals surface area (Å²) in [4.78, 5) is 2.38. The van der Waals surface area contributed by atoms with Gasteiger partial charge in [0.15, 0.2) is 0 Å². The first kappa shape index (κ1) is 30.0. The predicted molar refractivity (Wildman–Crippen MR) is 221 cm³/mol. The Kier molecular flexibility index (Phi) is 7.18. The van der Waals surface area contributed by atoms with Crippen molar-refractivity contribution in [1.29, 1.82) is 0 Å². The van der Waals surface area contributed by atoms with Crippen molar-refractivity contribution in [3.63, 3.8) is 0 Å². The topological polar surface area (TPSA) is 8.17 Å². The first-order valence-electron chi connectivity index (χ1n) is 17.9. The van der Waals surface area contributed by atoms with Gasteiger partial charge in [0.25, 0.3) is 0 Å². The monoisotopic (exact) mass is 662 g/mol. The van der Waals surface area contributed by atoms with Gasteiger partial charge in [-0.1, -0.05) is 146 Å². The molecule has 0 saturated carbocycles. The number of benzene rings is 9. The average Bonchev–Trinajstić information content (AvgIpc) is 3.56. The van der Waals surface area contributed by atoms with Crippen LogP contribution in [0.25, 0.3) is 71.3 Å². The average molecular weight is 663 g/mol. The molecule has 0 fully saturated rings. The van der Waals surface area contributed by atoms with E-state index in [9.17, 15) is 0 Å². The van der Waals surface area contributed by atoms with E-state index in [1.165, 1.54) is 71.3 Å². The van der Waals surface area contributed by atoms with E-state index in [1.807, 2.05) is 0 Å². The summed E-state index contributed by atoms with van der Waals surface area (Å²) < 4.78 is 2.40. The number of fused-ring (bicyclic) bond motifs is 6. The summed E-state index contributed by atoms with van der Waals surface area (Å²) >= 11 is 0. The molecule has 52 heavy (non-hydrogen) atoms. The summed E-state index contributed by atoms with van der Waals surface area (Å²) in [5, 5.41) is 7.51. The van der Waals surface area contributed by atoms with Crippen LogP contribution in [-0.2, 0) is 0 Å². The lowest BCUT2D eigenvalue weighted by atomic mass is 9.99. The van der Waals surface area contributed by atoms with Crippen LogP contribution in [0.3, 0.4) is 0 Å². The third-order valence-corrected chi connectivity index (χ3v) is 10.4. The zero-order chi connectivity index (χ0) is 34.4. The van der Waals surface area contributed by atoms with E-state index in [0.717, 1.165) is 17.1 Å². The van der Waals surface area contributed by atoms with Gasteiger partial charge in [-0.25, -0.2) is 0 Å². The molecule has 1 heterocycles. The number of nitrogens with zero attached hydrogens (tertiary/aromatic N) is 2. The second-order valence-electron chi connectivity index (χ2n) is 13.4. The van der Waals surface area contributed by atoms with Gasteiger partial charge in [-0.3, -0.25) is 0 Å². The number of aromatic nitrogens is 1. The Labute approximate surface area is 303 Å². The lowest BCUT2D eigenvalue weighted by Crippen LogP contribution is -2.10. The van der Waals surface area contributed by atoms with Crippen LogP contribution in [0.4, 0.5) is 17.1 Å². The minimum atomic E-state index is 1.11. The van der Waals surface area contributed by atoms with E-state index in [1.54, 1.807) is 0 Å². The van der Waals surface area contributed by atoms with Crippen molar-refractivity contribution in [2.45, 2.75) is 0 Å². The number of anilines is 3. The number of para-hydroxylation sites is 1. The standard InChI is InChI=1S/C50H34N2/c1-3-12-35(13-4-1)36-22-28-42(29-23-36)51(47-21-11-16-38-14-7-9-19-44(38)47)43-30-24-37(25-31-43)40-27-32-48-46(34-40)50-45-20-10-8-15-39(45)26-33-49(50)52(48)41-17-5-2-6-18-41/h1-34H. The van der Waals surface area contributed by atoms with Gasteiger partial charge in [0, 0.05) is 33.2 Å². The molecule has 0 bridgehead atoms. The summed E-state index contributed by atoms with van der Waals surface area (Å²) in [6.07, 6.45) is 0. The van der Waals surface area contributed by atoms with Crippen molar-refractivity contribution in [3.8, 4) is 27.9 Å². The Balaban J connectivity index is 1.11. The fourth-order valence-corrected chi connectivity index (χ4v) is 7.89. The molecule has 244 valence electrons. The zero-order valence-electron chi connectivity index (χ0n) is 28.5. The van der Waals surface area contributed by atoms with Crippen molar-refractivity contribution >= 4 is 60.4 Å². The molecular weight excluding hydrogens is 629 g/mol. The molecular formula is C50H34N2. The van der Waals surface area contributed by atoms with Crippen LogP contribution in [0.1, 0.15) is 0 Å². The van der Waals surface area contributed by atoms with Gasteiger partial charge in [0.1, 0.15) is 0 Å². The highest BCUT2D eigenvalue weighted by atomic mass is 15.1. The van der Waals surface area contributed by atoms with E-state index in [4.69, 9.17) is 0 Å². The van der Waals surface area contributed by atoms with Gasteiger partial charge >= 0.3 is 0 Å². The molecule has 0 aliphatic carbocycles. The Hall–Kier alpha value is -6.90.